The summed E-state index contributed by atoms with van der Waals surface area (Å²) in [4.78, 5) is 20.2. The molecule has 1 N–H and O–H groups in total. The molecule has 8 heteroatoms. The van der Waals surface area contributed by atoms with Gasteiger partial charge >= 0.3 is 0 Å². The van der Waals surface area contributed by atoms with Gasteiger partial charge in [0.25, 0.3) is 0 Å². The summed E-state index contributed by atoms with van der Waals surface area (Å²) in [5.41, 5.74) is 4.79. The highest BCUT2D eigenvalue weighted by Gasteiger charge is 2.29. The van der Waals surface area contributed by atoms with Crippen LogP contribution in [-0.2, 0) is 4.79 Å². The maximum Gasteiger partial charge on any atom is 0.143 e. The van der Waals surface area contributed by atoms with Gasteiger partial charge in [-0.25, -0.2) is 4.98 Å². The van der Waals surface area contributed by atoms with E-state index < -0.39 is 0 Å². The molecule has 1 aliphatic heterocycles. The first kappa shape index (κ1) is 23.9. The van der Waals surface area contributed by atoms with Crippen molar-refractivity contribution in [1.29, 1.82) is 0 Å². The molecule has 0 amide bonds. The number of hydrogen-bond donors (Lipinski definition) is 1. The Morgan fingerprint density at radius 1 is 1.17 bits per heavy atom. The predicted molar refractivity (Wildman–Crippen MR) is 143 cm³/mol. The van der Waals surface area contributed by atoms with Crippen molar-refractivity contribution in [3.63, 3.8) is 0 Å². The van der Waals surface area contributed by atoms with Gasteiger partial charge in [0, 0.05) is 33.5 Å². The number of thiazole rings is 1. The molecule has 0 aliphatic carbocycles. The fourth-order valence-corrected chi connectivity index (χ4v) is 6.57. The molecule has 4 aromatic rings. The lowest BCUT2D eigenvalue weighted by Crippen LogP contribution is -2.36. The van der Waals surface area contributed by atoms with Crippen LogP contribution in [0.15, 0.2) is 51.7 Å². The van der Waals surface area contributed by atoms with Crippen LogP contribution in [0, 0.1) is 6.92 Å². The largest absolute Gasteiger partial charge is 0.383 e. The molecule has 5 rings (SSSR count). The number of aryl methyl sites for hydroxylation is 1. The molecular formula is C27H30N4O2S2. The van der Waals surface area contributed by atoms with Crippen molar-refractivity contribution in [3.8, 4) is 22.5 Å². The van der Waals surface area contributed by atoms with E-state index in [-0.39, 0.29) is 6.04 Å². The zero-order valence-electron chi connectivity index (χ0n) is 20.2. The number of nitrogens with zero attached hydrogens (tertiary/aromatic N) is 3. The van der Waals surface area contributed by atoms with Crippen molar-refractivity contribution in [2.75, 3.05) is 18.4 Å². The zero-order valence-corrected chi connectivity index (χ0v) is 21.9. The van der Waals surface area contributed by atoms with Crippen LogP contribution in [0.3, 0.4) is 0 Å². The van der Waals surface area contributed by atoms with Crippen LogP contribution in [0.25, 0.3) is 22.5 Å². The van der Waals surface area contributed by atoms with E-state index in [1.54, 1.807) is 22.7 Å². The van der Waals surface area contributed by atoms with Crippen LogP contribution < -0.4 is 5.32 Å². The minimum atomic E-state index is -0.133. The number of benzene rings is 1. The van der Waals surface area contributed by atoms with Crippen molar-refractivity contribution in [2.45, 2.75) is 51.6 Å². The molecule has 1 unspecified atom stereocenters. The summed E-state index contributed by atoms with van der Waals surface area (Å²) < 4.78 is 5.62. The quantitative estimate of drug-likeness (QED) is 0.266. The first-order valence-corrected chi connectivity index (χ1v) is 13.8. The molecule has 35 heavy (non-hydrogen) atoms. The standard InChI is InChI=1S/C27H30N4O2S2/c1-17(2)28-21-7-4-6-20(14-21)26-25(18(3)33-30-26)22-16-35-27(29-22)19-9-11-31(12-10-19)23(15-32)24-8-5-13-34-24/h4-8,13-17,19,23,28H,9-12H2,1-3H3. The molecule has 0 bridgehead atoms. The molecule has 6 nitrogen and oxygen atoms in total. The fraction of sp³-hybridized carbons (Fsp3) is 0.370. The molecule has 1 aromatic carbocycles. The highest BCUT2D eigenvalue weighted by Crippen LogP contribution is 2.39. The van der Waals surface area contributed by atoms with E-state index in [1.807, 2.05) is 24.4 Å². The highest BCUT2D eigenvalue weighted by atomic mass is 32.1. The van der Waals surface area contributed by atoms with Gasteiger partial charge in [-0.3, -0.25) is 4.90 Å². The maximum atomic E-state index is 11.8. The minimum absolute atomic E-state index is 0.133. The molecule has 0 spiro atoms. The Morgan fingerprint density at radius 2 is 2.00 bits per heavy atom. The van der Waals surface area contributed by atoms with E-state index in [9.17, 15) is 4.79 Å². The van der Waals surface area contributed by atoms with Crippen molar-refractivity contribution >= 4 is 34.6 Å². The number of aromatic nitrogens is 2. The Balaban J connectivity index is 1.33. The van der Waals surface area contributed by atoms with E-state index in [1.165, 1.54) is 0 Å². The topological polar surface area (TPSA) is 71.3 Å². The maximum absolute atomic E-state index is 11.8. The van der Waals surface area contributed by atoms with Gasteiger partial charge in [-0.05, 0) is 70.3 Å². The first-order chi connectivity index (χ1) is 17.0. The van der Waals surface area contributed by atoms with Gasteiger partial charge in [0.05, 0.1) is 16.3 Å². The molecule has 1 atom stereocenters. The lowest BCUT2D eigenvalue weighted by Gasteiger charge is -2.34. The molecule has 182 valence electrons. The van der Waals surface area contributed by atoms with Crippen LogP contribution in [-0.4, -0.2) is 40.5 Å². The number of aldehydes is 1. The molecule has 1 saturated heterocycles. The molecule has 1 fully saturated rings. The molecule has 1 aliphatic rings. The normalized spacial score (nSPS) is 16.0. The van der Waals surface area contributed by atoms with E-state index >= 15 is 0 Å². The number of rotatable bonds is 8. The van der Waals surface area contributed by atoms with Crippen LogP contribution in [0.1, 0.15) is 54.3 Å². The smallest absolute Gasteiger partial charge is 0.143 e. The summed E-state index contributed by atoms with van der Waals surface area (Å²) in [7, 11) is 0. The van der Waals surface area contributed by atoms with Crippen molar-refractivity contribution in [1.82, 2.24) is 15.0 Å². The number of nitrogens with one attached hydrogen (secondary N) is 1. The second-order valence-electron chi connectivity index (χ2n) is 9.32. The third-order valence-corrected chi connectivity index (χ3v) is 8.42. The third-order valence-electron chi connectivity index (χ3n) is 6.47. The number of anilines is 1. The number of piperidine rings is 1. The second kappa shape index (κ2) is 10.4. The van der Waals surface area contributed by atoms with Crippen LogP contribution in [0.2, 0.25) is 0 Å². The molecular weight excluding hydrogens is 476 g/mol. The predicted octanol–water partition coefficient (Wildman–Crippen LogP) is 6.77. The van der Waals surface area contributed by atoms with Crippen molar-refractivity contribution in [3.05, 3.63) is 62.8 Å². The summed E-state index contributed by atoms with van der Waals surface area (Å²) in [6.07, 6.45) is 3.08. The monoisotopic (exact) mass is 506 g/mol. The van der Waals surface area contributed by atoms with Gasteiger partial charge in [-0.1, -0.05) is 23.4 Å². The molecule has 0 saturated carbocycles. The van der Waals surface area contributed by atoms with Gasteiger partial charge < -0.3 is 14.6 Å². The first-order valence-electron chi connectivity index (χ1n) is 12.0. The summed E-state index contributed by atoms with van der Waals surface area (Å²) >= 11 is 3.36. The third kappa shape index (κ3) is 5.10. The Labute approximate surface area is 214 Å². The van der Waals surface area contributed by atoms with Gasteiger partial charge in [-0.15, -0.1) is 22.7 Å². The molecule has 4 heterocycles. The van der Waals surface area contributed by atoms with Crippen molar-refractivity contribution in [2.24, 2.45) is 0 Å². The Hall–Kier alpha value is -2.81. The van der Waals surface area contributed by atoms with E-state index in [0.717, 1.165) is 76.1 Å². The van der Waals surface area contributed by atoms with Gasteiger partial charge in [0.1, 0.15) is 23.8 Å². The number of hydrogen-bond acceptors (Lipinski definition) is 8. The zero-order chi connectivity index (χ0) is 24.4. The Bertz CT molecular complexity index is 1270. The van der Waals surface area contributed by atoms with Gasteiger partial charge in [-0.2, -0.15) is 0 Å². The number of carbonyl (C=O) groups is 1. The average molecular weight is 507 g/mol. The lowest BCUT2D eigenvalue weighted by atomic mass is 9.96. The second-order valence-corrected chi connectivity index (χ2v) is 11.2. The van der Waals surface area contributed by atoms with E-state index in [2.05, 4.69) is 58.9 Å². The molecule has 3 aromatic heterocycles. The number of likely N-dealkylation sites (tertiary alicyclic amines) is 1. The van der Waals surface area contributed by atoms with Crippen LogP contribution in [0.5, 0.6) is 0 Å². The lowest BCUT2D eigenvalue weighted by molar-refractivity contribution is -0.113. The van der Waals surface area contributed by atoms with Crippen molar-refractivity contribution < 1.29 is 9.32 Å². The minimum Gasteiger partial charge on any atom is -0.383 e. The average Bonchev–Trinajstić information content (AvgIpc) is 3.61. The SMILES string of the molecule is Cc1onc(-c2cccc(NC(C)C)c2)c1-c1csc(C2CCN(C(C=O)c3cccs3)CC2)n1. The highest BCUT2D eigenvalue weighted by molar-refractivity contribution is 7.10. The fourth-order valence-electron chi connectivity index (χ4n) is 4.77. The van der Waals surface area contributed by atoms with Crippen LogP contribution in [0.4, 0.5) is 5.69 Å². The van der Waals surface area contributed by atoms with Gasteiger partial charge in [0.2, 0.25) is 0 Å². The summed E-state index contributed by atoms with van der Waals surface area (Å²) in [6.45, 7) is 7.99. The number of thiophene rings is 1. The van der Waals surface area contributed by atoms with Gasteiger partial charge in [0.15, 0.2) is 0 Å². The summed E-state index contributed by atoms with van der Waals surface area (Å²) in [5.74, 6) is 1.18. The van der Waals surface area contributed by atoms with E-state index in [4.69, 9.17) is 9.51 Å². The summed E-state index contributed by atoms with van der Waals surface area (Å²) in [6, 6.07) is 12.6. The Morgan fingerprint density at radius 3 is 2.71 bits per heavy atom. The molecule has 0 radical (unpaired) electrons. The number of carbonyl (C=O) groups excluding carboxylic acids is 1. The summed E-state index contributed by atoms with van der Waals surface area (Å²) in [5, 5.41) is 13.2. The van der Waals surface area contributed by atoms with E-state index in [0.29, 0.717) is 12.0 Å². The Kier molecular flexibility index (Phi) is 7.13. The van der Waals surface area contributed by atoms with Crippen LogP contribution >= 0.6 is 22.7 Å².